The van der Waals surface area contributed by atoms with E-state index in [9.17, 15) is 9.59 Å². The lowest BCUT2D eigenvalue weighted by Crippen LogP contribution is -2.44. The largest absolute Gasteiger partial charge is 0.325 e. The molecule has 5 heteroatoms. The van der Waals surface area contributed by atoms with Crippen LogP contribution in [0, 0.1) is 13.8 Å². The molecule has 0 bridgehead atoms. The zero-order valence-corrected chi connectivity index (χ0v) is 14.3. The van der Waals surface area contributed by atoms with Crippen molar-refractivity contribution in [3.63, 3.8) is 0 Å². The van der Waals surface area contributed by atoms with E-state index in [1.165, 1.54) is 24.8 Å². The van der Waals surface area contributed by atoms with Gasteiger partial charge in [0.2, 0.25) is 5.91 Å². The van der Waals surface area contributed by atoms with Crippen LogP contribution in [-0.2, 0) is 4.79 Å². The fourth-order valence-corrected chi connectivity index (χ4v) is 3.03. The third kappa shape index (κ3) is 5.36. The van der Waals surface area contributed by atoms with Gasteiger partial charge in [0.25, 0.3) is 0 Å². The Labute approximate surface area is 138 Å². The van der Waals surface area contributed by atoms with Gasteiger partial charge < -0.3 is 5.32 Å². The minimum atomic E-state index is -0.477. The lowest BCUT2D eigenvalue weighted by atomic mass is 9.94. The molecule has 1 aliphatic carbocycles. The molecule has 0 unspecified atom stereocenters. The first kappa shape index (κ1) is 17.5. The molecule has 1 aromatic rings. The third-order valence-electron chi connectivity index (χ3n) is 4.61. The van der Waals surface area contributed by atoms with Crippen molar-refractivity contribution in [1.82, 2.24) is 10.2 Å². The van der Waals surface area contributed by atoms with Crippen LogP contribution in [0.4, 0.5) is 10.5 Å². The molecular formula is C18H27N3O2. The van der Waals surface area contributed by atoms with Crippen molar-refractivity contribution in [3.8, 4) is 0 Å². The smallest absolute Gasteiger partial charge is 0.308 e. The van der Waals surface area contributed by atoms with Crippen LogP contribution >= 0.6 is 0 Å². The number of benzene rings is 1. The van der Waals surface area contributed by atoms with Crippen LogP contribution in [0.15, 0.2) is 18.2 Å². The SMILES string of the molecule is Cc1ccc(NC(=O)NC(=O)CN(C)C2CCCCC2)cc1C. The van der Waals surface area contributed by atoms with Crippen LogP contribution < -0.4 is 10.6 Å². The average Bonchev–Trinajstić information content (AvgIpc) is 2.51. The van der Waals surface area contributed by atoms with Crippen molar-refractivity contribution in [1.29, 1.82) is 0 Å². The van der Waals surface area contributed by atoms with Gasteiger partial charge in [-0.05, 0) is 57.0 Å². The molecule has 0 spiro atoms. The van der Waals surface area contributed by atoms with Crippen molar-refractivity contribution in [3.05, 3.63) is 29.3 Å². The van der Waals surface area contributed by atoms with Crippen molar-refractivity contribution in [2.45, 2.75) is 52.0 Å². The van der Waals surface area contributed by atoms with E-state index in [0.29, 0.717) is 11.7 Å². The second kappa shape index (κ2) is 8.11. The Kier molecular flexibility index (Phi) is 6.16. The van der Waals surface area contributed by atoms with Crippen LogP contribution in [0.1, 0.15) is 43.2 Å². The number of anilines is 1. The zero-order valence-electron chi connectivity index (χ0n) is 14.3. The summed E-state index contributed by atoms with van der Waals surface area (Å²) in [6.07, 6.45) is 6.01. The molecule has 2 rings (SSSR count). The second-order valence-electron chi connectivity index (χ2n) is 6.51. The molecule has 0 atom stereocenters. The van der Waals surface area contributed by atoms with Crippen LogP contribution in [0.3, 0.4) is 0 Å². The maximum absolute atomic E-state index is 12.0. The first-order valence-electron chi connectivity index (χ1n) is 8.34. The Bertz CT molecular complexity index is 565. The van der Waals surface area contributed by atoms with Crippen LogP contribution in [0.5, 0.6) is 0 Å². The van der Waals surface area contributed by atoms with Crippen molar-refractivity contribution in [2.75, 3.05) is 18.9 Å². The van der Waals surface area contributed by atoms with Gasteiger partial charge in [-0.1, -0.05) is 25.3 Å². The maximum Gasteiger partial charge on any atom is 0.325 e. The summed E-state index contributed by atoms with van der Waals surface area (Å²) in [5, 5.41) is 5.11. The summed E-state index contributed by atoms with van der Waals surface area (Å²) in [5.41, 5.74) is 2.96. The molecule has 0 aromatic heterocycles. The quantitative estimate of drug-likeness (QED) is 0.896. The number of amides is 3. The highest BCUT2D eigenvalue weighted by atomic mass is 16.2. The predicted molar refractivity (Wildman–Crippen MR) is 92.6 cm³/mol. The highest BCUT2D eigenvalue weighted by molar-refractivity contribution is 6.01. The predicted octanol–water partition coefficient (Wildman–Crippen LogP) is 3.22. The summed E-state index contributed by atoms with van der Waals surface area (Å²) >= 11 is 0. The molecule has 0 radical (unpaired) electrons. The molecule has 0 saturated heterocycles. The molecule has 1 aliphatic rings. The van der Waals surface area contributed by atoms with Gasteiger partial charge in [0.1, 0.15) is 0 Å². The summed E-state index contributed by atoms with van der Waals surface area (Å²) in [5.74, 6) is -0.264. The van der Waals surface area contributed by atoms with E-state index >= 15 is 0 Å². The van der Waals surface area contributed by atoms with Crippen LogP contribution in [0.25, 0.3) is 0 Å². The number of hydrogen-bond acceptors (Lipinski definition) is 3. The Morgan fingerprint density at radius 3 is 2.48 bits per heavy atom. The van der Waals surface area contributed by atoms with E-state index in [4.69, 9.17) is 0 Å². The lowest BCUT2D eigenvalue weighted by Gasteiger charge is -2.30. The number of hydrogen-bond donors (Lipinski definition) is 2. The number of likely N-dealkylation sites (N-methyl/N-ethyl adjacent to an activating group) is 1. The van der Waals surface area contributed by atoms with Gasteiger partial charge in [-0.2, -0.15) is 0 Å². The highest BCUT2D eigenvalue weighted by Gasteiger charge is 2.20. The average molecular weight is 317 g/mol. The van der Waals surface area contributed by atoms with Gasteiger partial charge in [0, 0.05) is 11.7 Å². The molecule has 0 aliphatic heterocycles. The molecule has 0 heterocycles. The van der Waals surface area contributed by atoms with Crippen LogP contribution in [0.2, 0.25) is 0 Å². The summed E-state index contributed by atoms with van der Waals surface area (Å²) in [7, 11) is 1.96. The van der Waals surface area contributed by atoms with Gasteiger partial charge in [-0.3, -0.25) is 15.0 Å². The minimum Gasteiger partial charge on any atom is -0.308 e. The monoisotopic (exact) mass is 317 g/mol. The number of urea groups is 1. The standard InChI is InChI=1S/C18H27N3O2/c1-13-9-10-15(11-14(13)2)19-18(23)20-17(22)12-21(3)16-7-5-4-6-8-16/h9-11,16H,4-8,12H2,1-3H3,(H2,19,20,22,23). The number of carbonyl (C=O) groups excluding carboxylic acids is 2. The first-order chi connectivity index (χ1) is 11.0. The highest BCUT2D eigenvalue weighted by Crippen LogP contribution is 2.21. The molecular weight excluding hydrogens is 290 g/mol. The number of imide groups is 1. The third-order valence-corrected chi connectivity index (χ3v) is 4.61. The molecule has 23 heavy (non-hydrogen) atoms. The molecule has 3 amide bonds. The van der Waals surface area contributed by atoms with E-state index in [2.05, 4.69) is 15.5 Å². The Morgan fingerprint density at radius 2 is 1.83 bits per heavy atom. The van der Waals surface area contributed by atoms with Gasteiger partial charge in [0.05, 0.1) is 6.54 Å². The molecule has 1 aromatic carbocycles. The number of nitrogens with zero attached hydrogens (tertiary/aromatic N) is 1. The fourth-order valence-electron chi connectivity index (χ4n) is 3.03. The van der Waals surface area contributed by atoms with Gasteiger partial charge in [0.15, 0.2) is 0 Å². The topological polar surface area (TPSA) is 61.4 Å². The van der Waals surface area contributed by atoms with Crippen molar-refractivity contribution < 1.29 is 9.59 Å². The maximum atomic E-state index is 12.0. The van der Waals surface area contributed by atoms with Crippen molar-refractivity contribution in [2.24, 2.45) is 0 Å². The van der Waals surface area contributed by atoms with Crippen molar-refractivity contribution >= 4 is 17.6 Å². The summed E-state index contributed by atoms with van der Waals surface area (Å²) in [4.78, 5) is 26.0. The number of aryl methyl sites for hydroxylation is 2. The fraction of sp³-hybridized carbons (Fsp3) is 0.556. The zero-order chi connectivity index (χ0) is 16.8. The molecule has 1 saturated carbocycles. The molecule has 1 fully saturated rings. The van der Waals surface area contributed by atoms with Crippen LogP contribution in [-0.4, -0.2) is 36.5 Å². The van der Waals surface area contributed by atoms with Gasteiger partial charge >= 0.3 is 6.03 Å². The van der Waals surface area contributed by atoms with E-state index in [1.54, 1.807) is 0 Å². The number of carbonyl (C=O) groups is 2. The number of rotatable bonds is 4. The van der Waals surface area contributed by atoms with Gasteiger partial charge in [-0.25, -0.2) is 4.79 Å². The summed E-state index contributed by atoms with van der Waals surface area (Å²) < 4.78 is 0. The Balaban J connectivity index is 1.79. The molecule has 2 N–H and O–H groups in total. The minimum absolute atomic E-state index is 0.255. The number of nitrogens with one attached hydrogen (secondary N) is 2. The van der Waals surface area contributed by atoms with E-state index in [0.717, 1.165) is 18.4 Å². The molecule has 5 nitrogen and oxygen atoms in total. The second-order valence-corrected chi connectivity index (χ2v) is 6.51. The van der Waals surface area contributed by atoms with E-state index < -0.39 is 6.03 Å². The Hall–Kier alpha value is -1.88. The molecule has 126 valence electrons. The summed E-state index contributed by atoms with van der Waals surface area (Å²) in [6, 6.07) is 5.66. The normalized spacial score (nSPS) is 15.5. The summed E-state index contributed by atoms with van der Waals surface area (Å²) in [6.45, 7) is 4.26. The van der Waals surface area contributed by atoms with E-state index in [-0.39, 0.29) is 12.5 Å². The first-order valence-corrected chi connectivity index (χ1v) is 8.34. The Morgan fingerprint density at radius 1 is 1.13 bits per heavy atom. The van der Waals surface area contributed by atoms with Gasteiger partial charge in [-0.15, -0.1) is 0 Å². The lowest BCUT2D eigenvalue weighted by molar-refractivity contribution is -0.121. The van der Waals surface area contributed by atoms with E-state index in [1.807, 2.05) is 39.1 Å².